The maximum Gasteiger partial charge on any atom is 0.251 e. The first kappa shape index (κ1) is 19.6. The number of amides is 1. The van der Waals surface area contributed by atoms with Crippen molar-refractivity contribution in [2.24, 2.45) is 0 Å². The standard InChI is InChI=1S/C24H22FN3O2/c1-16-4-3-13-28-14-21(27-23(16)28)15-30-22-11-7-19(8-12-22)24(29)26-17(2)18-5-9-20(25)10-6-18/h3-14,17H,15H2,1-2H3,(H,26,29). The number of rotatable bonds is 6. The van der Waals surface area contributed by atoms with Crippen LogP contribution in [0.3, 0.4) is 0 Å². The zero-order chi connectivity index (χ0) is 21.1. The van der Waals surface area contributed by atoms with E-state index in [0.29, 0.717) is 17.9 Å². The zero-order valence-electron chi connectivity index (χ0n) is 16.8. The quantitative estimate of drug-likeness (QED) is 0.501. The number of carbonyl (C=O) groups is 1. The minimum absolute atomic E-state index is 0.200. The Morgan fingerprint density at radius 1 is 1.13 bits per heavy atom. The molecule has 1 amide bonds. The van der Waals surface area contributed by atoms with E-state index in [9.17, 15) is 9.18 Å². The third-order valence-electron chi connectivity index (χ3n) is 4.95. The van der Waals surface area contributed by atoms with Gasteiger partial charge in [-0.15, -0.1) is 0 Å². The van der Waals surface area contributed by atoms with Crippen LogP contribution in [0.25, 0.3) is 5.65 Å². The second-order valence-corrected chi connectivity index (χ2v) is 7.21. The number of imidazole rings is 1. The van der Waals surface area contributed by atoms with E-state index in [0.717, 1.165) is 22.5 Å². The van der Waals surface area contributed by atoms with E-state index >= 15 is 0 Å². The van der Waals surface area contributed by atoms with Crippen molar-refractivity contribution in [2.45, 2.75) is 26.5 Å². The highest BCUT2D eigenvalue weighted by atomic mass is 19.1. The van der Waals surface area contributed by atoms with Crippen LogP contribution in [0.1, 0.15) is 40.1 Å². The van der Waals surface area contributed by atoms with E-state index in [4.69, 9.17) is 4.74 Å². The van der Waals surface area contributed by atoms with E-state index in [-0.39, 0.29) is 17.8 Å². The predicted octanol–water partition coefficient (Wildman–Crippen LogP) is 4.85. The molecule has 2 aromatic carbocycles. The van der Waals surface area contributed by atoms with Gasteiger partial charge < -0.3 is 14.5 Å². The fourth-order valence-corrected chi connectivity index (χ4v) is 3.25. The van der Waals surface area contributed by atoms with Gasteiger partial charge in [0.05, 0.1) is 11.7 Å². The summed E-state index contributed by atoms with van der Waals surface area (Å²) in [6, 6.07) is 16.8. The zero-order valence-corrected chi connectivity index (χ0v) is 16.8. The maximum absolute atomic E-state index is 13.1. The number of fused-ring (bicyclic) bond motifs is 1. The van der Waals surface area contributed by atoms with E-state index in [1.165, 1.54) is 12.1 Å². The van der Waals surface area contributed by atoms with Gasteiger partial charge in [0.1, 0.15) is 23.8 Å². The molecule has 0 aliphatic heterocycles. The molecule has 0 bridgehead atoms. The van der Waals surface area contributed by atoms with Crippen molar-refractivity contribution in [1.82, 2.24) is 14.7 Å². The Bertz CT molecular complexity index is 1170. The van der Waals surface area contributed by atoms with Gasteiger partial charge in [-0.05, 0) is 67.4 Å². The van der Waals surface area contributed by atoms with Crippen molar-refractivity contribution >= 4 is 11.6 Å². The Hall–Kier alpha value is -3.67. The third-order valence-corrected chi connectivity index (χ3v) is 4.95. The van der Waals surface area contributed by atoms with Crippen LogP contribution in [-0.4, -0.2) is 15.3 Å². The monoisotopic (exact) mass is 403 g/mol. The van der Waals surface area contributed by atoms with Crippen LogP contribution in [0.2, 0.25) is 0 Å². The lowest BCUT2D eigenvalue weighted by molar-refractivity contribution is 0.0940. The van der Waals surface area contributed by atoms with Gasteiger partial charge in [0.2, 0.25) is 0 Å². The van der Waals surface area contributed by atoms with Crippen molar-refractivity contribution in [1.29, 1.82) is 0 Å². The number of hydrogen-bond acceptors (Lipinski definition) is 3. The van der Waals surface area contributed by atoms with E-state index in [1.54, 1.807) is 36.4 Å². The molecule has 30 heavy (non-hydrogen) atoms. The summed E-state index contributed by atoms with van der Waals surface area (Å²) >= 11 is 0. The minimum Gasteiger partial charge on any atom is -0.487 e. The minimum atomic E-state index is -0.299. The molecule has 0 radical (unpaired) electrons. The van der Waals surface area contributed by atoms with E-state index < -0.39 is 0 Å². The van der Waals surface area contributed by atoms with Gasteiger partial charge >= 0.3 is 0 Å². The fourth-order valence-electron chi connectivity index (χ4n) is 3.25. The molecule has 6 heteroatoms. The first-order valence-corrected chi connectivity index (χ1v) is 9.72. The number of hydrogen-bond donors (Lipinski definition) is 1. The Kier molecular flexibility index (Phi) is 5.48. The molecule has 2 heterocycles. The molecule has 0 aliphatic rings. The number of carbonyl (C=O) groups excluding carboxylic acids is 1. The van der Waals surface area contributed by atoms with Crippen molar-refractivity contribution in [3.8, 4) is 5.75 Å². The summed E-state index contributed by atoms with van der Waals surface area (Å²) in [5.41, 5.74) is 4.22. The largest absolute Gasteiger partial charge is 0.487 e. The Labute approximate surface area is 174 Å². The average molecular weight is 403 g/mol. The van der Waals surface area contributed by atoms with Crippen LogP contribution in [0, 0.1) is 12.7 Å². The summed E-state index contributed by atoms with van der Waals surface area (Å²) in [6.45, 7) is 4.22. The summed E-state index contributed by atoms with van der Waals surface area (Å²) in [7, 11) is 0. The van der Waals surface area contributed by atoms with Gasteiger partial charge in [-0.25, -0.2) is 9.37 Å². The molecule has 1 atom stereocenters. The Morgan fingerprint density at radius 3 is 2.57 bits per heavy atom. The summed E-state index contributed by atoms with van der Waals surface area (Å²) in [6.07, 6.45) is 3.90. The summed E-state index contributed by atoms with van der Waals surface area (Å²) in [5, 5.41) is 2.91. The molecule has 5 nitrogen and oxygen atoms in total. The van der Waals surface area contributed by atoms with Crippen LogP contribution in [0.4, 0.5) is 4.39 Å². The number of aryl methyl sites for hydroxylation is 1. The highest BCUT2D eigenvalue weighted by molar-refractivity contribution is 5.94. The van der Waals surface area contributed by atoms with Gasteiger partial charge in [0.15, 0.2) is 0 Å². The molecule has 4 rings (SSSR count). The van der Waals surface area contributed by atoms with Crippen LogP contribution >= 0.6 is 0 Å². The summed E-state index contributed by atoms with van der Waals surface area (Å²) in [4.78, 5) is 17.1. The van der Waals surface area contributed by atoms with Crippen LogP contribution in [0.5, 0.6) is 5.75 Å². The molecule has 0 fully saturated rings. The van der Waals surface area contributed by atoms with Crippen LogP contribution < -0.4 is 10.1 Å². The molecule has 0 spiro atoms. The lowest BCUT2D eigenvalue weighted by Crippen LogP contribution is -2.26. The highest BCUT2D eigenvalue weighted by Crippen LogP contribution is 2.17. The molecule has 4 aromatic rings. The number of nitrogens with zero attached hydrogens (tertiary/aromatic N) is 2. The Balaban J connectivity index is 1.36. The highest BCUT2D eigenvalue weighted by Gasteiger charge is 2.12. The molecule has 1 N–H and O–H groups in total. The lowest BCUT2D eigenvalue weighted by atomic mass is 10.1. The lowest BCUT2D eigenvalue weighted by Gasteiger charge is -2.14. The summed E-state index contributed by atoms with van der Waals surface area (Å²) in [5.74, 6) is 0.160. The van der Waals surface area contributed by atoms with Gasteiger partial charge in [-0.3, -0.25) is 4.79 Å². The number of pyridine rings is 1. The predicted molar refractivity (Wildman–Crippen MR) is 113 cm³/mol. The van der Waals surface area contributed by atoms with Crippen LogP contribution in [-0.2, 0) is 6.61 Å². The topological polar surface area (TPSA) is 55.6 Å². The average Bonchev–Trinajstić information content (AvgIpc) is 3.17. The normalized spacial score (nSPS) is 12.0. The first-order chi connectivity index (χ1) is 14.5. The van der Waals surface area contributed by atoms with Crippen LogP contribution in [0.15, 0.2) is 73.1 Å². The Morgan fingerprint density at radius 2 is 1.87 bits per heavy atom. The number of nitrogens with one attached hydrogen (secondary N) is 1. The first-order valence-electron chi connectivity index (χ1n) is 9.72. The molecule has 0 aliphatic carbocycles. The van der Waals surface area contributed by atoms with Crippen molar-refractivity contribution in [3.63, 3.8) is 0 Å². The van der Waals surface area contributed by atoms with E-state index in [1.807, 2.05) is 42.8 Å². The van der Waals surface area contributed by atoms with Crippen molar-refractivity contribution < 1.29 is 13.9 Å². The van der Waals surface area contributed by atoms with Gasteiger partial charge in [0.25, 0.3) is 5.91 Å². The number of benzene rings is 2. The second kappa shape index (κ2) is 8.37. The number of aromatic nitrogens is 2. The smallest absolute Gasteiger partial charge is 0.251 e. The van der Waals surface area contributed by atoms with Gasteiger partial charge in [-0.2, -0.15) is 0 Å². The molecule has 2 aromatic heterocycles. The van der Waals surface area contributed by atoms with Gasteiger partial charge in [-0.1, -0.05) is 18.2 Å². The van der Waals surface area contributed by atoms with Crippen molar-refractivity contribution in [2.75, 3.05) is 0 Å². The number of ether oxygens (including phenoxy) is 1. The third kappa shape index (κ3) is 4.33. The summed E-state index contributed by atoms with van der Waals surface area (Å²) < 4.78 is 20.8. The number of halogens is 1. The molecule has 0 saturated heterocycles. The molecule has 1 unspecified atom stereocenters. The van der Waals surface area contributed by atoms with Gasteiger partial charge in [0, 0.05) is 18.0 Å². The van der Waals surface area contributed by atoms with Crippen molar-refractivity contribution in [3.05, 3.63) is 101 Å². The van der Waals surface area contributed by atoms with E-state index in [2.05, 4.69) is 10.3 Å². The molecular formula is C24H22FN3O2. The second-order valence-electron chi connectivity index (χ2n) is 7.21. The maximum atomic E-state index is 13.1. The fraction of sp³-hybridized carbons (Fsp3) is 0.167. The molecule has 152 valence electrons. The molecular weight excluding hydrogens is 381 g/mol. The molecule has 0 saturated carbocycles. The SMILES string of the molecule is Cc1cccn2cc(COc3ccc(C(=O)NC(C)c4ccc(F)cc4)cc3)nc12.